The SMILES string of the molecule is Cc1ccc(Cl)cc1N1CCN(CC(=O)N2CCN(C3CCC3)CC2)CC1. The van der Waals surface area contributed by atoms with Crippen LogP contribution in [0, 0.1) is 6.92 Å². The Bertz CT molecular complexity index is 662. The molecule has 2 saturated heterocycles. The van der Waals surface area contributed by atoms with E-state index in [0.29, 0.717) is 12.5 Å². The largest absolute Gasteiger partial charge is 0.369 e. The molecule has 0 unspecified atom stereocenters. The molecule has 1 aromatic carbocycles. The quantitative estimate of drug-likeness (QED) is 0.790. The fourth-order valence-electron chi connectivity index (χ4n) is 4.45. The average molecular weight is 391 g/mol. The lowest BCUT2D eigenvalue weighted by Gasteiger charge is -2.43. The number of carbonyl (C=O) groups excluding carboxylic acids is 1. The summed E-state index contributed by atoms with van der Waals surface area (Å²) in [4.78, 5) is 22.1. The number of nitrogens with zero attached hydrogens (tertiary/aromatic N) is 4. The van der Waals surface area contributed by atoms with Crippen molar-refractivity contribution in [1.82, 2.24) is 14.7 Å². The molecule has 0 bridgehead atoms. The molecular formula is C21H31ClN4O. The van der Waals surface area contributed by atoms with E-state index in [1.165, 1.54) is 30.5 Å². The number of hydrogen-bond acceptors (Lipinski definition) is 4. The van der Waals surface area contributed by atoms with Crippen molar-refractivity contribution in [2.24, 2.45) is 0 Å². The van der Waals surface area contributed by atoms with Crippen LogP contribution in [0.5, 0.6) is 0 Å². The van der Waals surface area contributed by atoms with Gasteiger partial charge in [-0.1, -0.05) is 24.1 Å². The van der Waals surface area contributed by atoms with Crippen LogP contribution in [0.25, 0.3) is 0 Å². The van der Waals surface area contributed by atoms with Crippen molar-refractivity contribution in [3.8, 4) is 0 Å². The maximum atomic E-state index is 12.7. The van der Waals surface area contributed by atoms with E-state index in [9.17, 15) is 4.79 Å². The monoisotopic (exact) mass is 390 g/mol. The van der Waals surface area contributed by atoms with Gasteiger partial charge in [0.15, 0.2) is 0 Å². The molecule has 0 N–H and O–H groups in total. The number of hydrogen-bond donors (Lipinski definition) is 0. The van der Waals surface area contributed by atoms with Crippen LogP contribution in [0.15, 0.2) is 18.2 Å². The number of benzene rings is 1. The minimum Gasteiger partial charge on any atom is -0.369 e. The van der Waals surface area contributed by atoms with E-state index in [-0.39, 0.29) is 0 Å². The van der Waals surface area contributed by atoms with E-state index in [1.807, 2.05) is 6.07 Å². The third kappa shape index (κ3) is 4.41. The van der Waals surface area contributed by atoms with Crippen molar-refractivity contribution >= 4 is 23.2 Å². The predicted octanol–water partition coefficient (Wildman–Crippen LogP) is 2.47. The minimum absolute atomic E-state index is 0.302. The van der Waals surface area contributed by atoms with Crippen LogP contribution in [0.2, 0.25) is 5.02 Å². The molecule has 3 aliphatic rings. The summed E-state index contributed by atoms with van der Waals surface area (Å²) in [5.74, 6) is 0.302. The number of carbonyl (C=O) groups is 1. The van der Waals surface area contributed by atoms with Gasteiger partial charge in [-0.05, 0) is 37.5 Å². The molecule has 1 saturated carbocycles. The molecule has 27 heavy (non-hydrogen) atoms. The predicted molar refractivity (Wildman–Crippen MR) is 111 cm³/mol. The lowest BCUT2D eigenvalue weighted by molar-refractivity contribution is -0.134. The van der Waals surface area contributed by atoms with E-state index >= 15 is 0 Å². The van der Waals surface area contributed by atoms with E-state index in [1.54, 1.807) is 0 Å². The first-order valence-corrected chi connectivity index (χ1v) is 10.7. The van der Waals surface area contributed by atoms with Crippen LogP contribution < -0.4 is 4.90 Å². The Hall–Kier alpha value is -1.30. The molecule has 5 nitrogen and oxygen atoms in total. The van der Waals surface area contributed by atoms with Crippen LogP contribution in [0.1, 0.15) is 24.8 Å². The molecule has 2 aliphatic heterocycles. The maximum absolute atomic E-state index is 12.7. The maximum Gasteiger partial charge on any atom is 0.236 e. The molecular weight excluding hydrogens is 360 g/mol. The summed E-state index contributed by atoms with van der Waals surface area (Å²) < 4.78 is 0. The topological polar surface area (TPSA) is 30.0 Å². The second-order valence-corrected chi connectivity index (χ2v) is 8.63. The van der Waals surface area contributed by atoms with E-state index in [2.05, 4.69) is 38.7 Å². The Labute approximate surface area is 167 Å². The molecule has 2 heterocycles. The zero-order chi connectivity index (χ0) is 18.8. The molecule has 1 aromatic rings. The van der Waals surface area contributed by atoms with Crippen molar-refractivity contribution in [2.45, 2.75) is 32.2 Å². The summed E-state index contributed by atoms with van der Waals surface area (Å²) >= 11 is 6.17. The normalized spacial score (nSPS) is 22.7. The van der Waals surface area contributed by atoms with Crippen LogP contribution in [-0.4, -0.2) is 85.6 Å². The van der Waals surface area contributed by atoms with Gasteiger partial charge in [-0.3, -0.25) is 14.6 Å². The average Bonchev–Trinajstić information content (AvgIpc) is 2.64. The van der Waals surface area contributed by atoms with E-state index in [4.69, 9.17) is 11.6 Å². The van der Waals surface area contributed by atoms with Crippen molar-refractivity contribution in [3.05, 3.63) is 28.8 Å². The van der Waals surface area contributed by atoms with Crippen molar-refractivity contribution in [2.75, 3.05) is 63.8 Å². The van der Waals surface area contributed by atoms with Gasteiger partial charge in [-0.15, -0.1) is 0 Å². The molecule has 6 heteroatoms. The number of halogens is 1. The molecule has 0 aromatic heterocycles. The fraction of sp³-hybridized carbons (Fsp3) is 0.667. The zero-order valence-electron chi connectivity index (χ0n) is 16.4. The Balaban J connectivity index is 1.23. The second-order valence-electron chi connectivity index (χ2n) is 8.20. The van der Waals surface area contributed by atoms with Crippen molar-refractivity contribution in [3.63, 3.8) is 0 Å². The van der Waals surface area contributed by atoms with Crippen LogP contribution in [-0.2, 0) is 4.79 Å². The lowest BCUT2D eigenvalue weighted by atomic mass is 9.91. The Morgan fingerprint density at radius 1 is 1.04 bits per heavy atom. The van der Waals surface area contributed by atoms with E-state index < -0.39 is 0 Å². The van der Waals surface area contributed by atoms with Crippen LogP contribution in [0.3, 0.4) is 0 Å². The summed E-state index contributed by atoms with van der Waals surface area (Å²) in [6.07, 6.45) is 4.08. The van der Waals surface area contributed by atoms with Gasteiger partial charge in [0.1, 0.15) is 0 Å². The lowest BCUT2D eigenvalue weighted by Crippen LogP contribution is -2.56. The van der Waals surface area contributed by atoms with Crippen molar-refractivity contribution < 1.29 is 4.79 Å². The van der Waals surface area contributed by atoms with Gasteiger partial charge in [0.2, 0.25) is 5.91 Å². The number of rotatable bonds is 4. The third-order valence-electron chi connectivity index (χ3n) is 6.50. The molecule has 4 rings (SSSR count). The number of aryl methyl sites for hydroxylation is 1. The van der Waals surface area contributed by atoms with Gasteiger partial charge in [0.25, 0.3) is 0 Å². The highest BCUT2D eigenvalue weighted by atomic mass is 35.5. The first-order valence-electron chi connectivity index (χ1n) is 10.4. The summed E-state index contributed by atoms with van der Waals surface area (Å²) in [5.41, 5.74) is 2.48. The Morgan fingerprint density at radius 3 is 2.37 bits per heavy atom. The van der Waals surface area contributed by atoms with Gasteiger partial charge in [-0.25, -0.2) is 0 Å². The highest BCUT2D eigenvalue weighted by molar-refractivity contribution is 6.30. The van der Waals surface area contributed by atoms with Gasteiger partial charge >= 0.3 is 0 Å². The summed E-state index contributed by atoms with van der Waals surface area (Å²) in [6, 6.07) is 6.88. The zero-order valence-corrected chi connectivity index (χ0v) is 17.1. The van der Waals surface area contributed by atoms with Gasteiger partial charge in [-0.2, -0.15) is 0 Å². The Kier molecular flexibility index (Phi) is 5.90. The third-order valence-corrected chi connectivity index (χ3v) is 6.74. The summed E-state index contributed by atoms with van der Waals surface area (Å²) in [7, 11) is 0. The molecule has 0 spiro atoms. The first kappa shape index (κ1) is 19.0. The molecule has 148 valence electrons. The summed E-state index contributed by atoms with van der Waals surface area (Å²) in [6.45, 7) is 10.4. The number of anilines is 1. The molecule has 3 fully saturated rings. The number of amides is 1. The minimum atomic E-state index is 0.302. The molecule has 1 aliphatic carbocycles. The van der Waals surface area contributed by atoms with Gasteiger partial charge in [0.05, 0.1) is 6.54 Å². The fourth-order valence-corrected chi connectivity index (χ4v) is 4.62. The highest BCUT2D eigenvalue weighted by Crippen LogP contribution is 2.26. The molecule has 0 radical (unpaired) electrons. The first-order chi connectivity index (χ1) is 13.1. The van der Waals surface area contributed by atoms with Gasteiger partial charge in [0, 0.05) is 69.1 Å². The number of piperazine rings is 2. The van der Waals surface area contributed by atoms with Crippen LogP contribution in [0.4, 0.5) is 5.69 Å². The highest BCUT2D eigenvalue weighted by Gasteiger charge is 2.30. The van der Waals surface area contributed by atoms with E-state index in [0.717, 1.165) is 63.4 Å². The Morgan fingerprint density at radius 2 is 1.74 bits per heavy atom. The standard InChI is InChI=1S/C21H31ClN4O/c1-17-5-6-18(22)15-20(17)25-9-7-23(8-10-25)16-21(27)26-13-11-24(12-14-26)19-3-2-4-19/h5-6,15,19H,2-4,7-14,16H2,1H3. The molecule has 0 atom stereocenters. The smallest absolute Gasteiger partial charge is 0.236 e. The van der Waals surface area contributed by atoms with Crippen molar-refractivity contribution in [1.29, 1.82) is 0 Å². The van der Waals surface area contributed by atoms with Gasteiger partial charge < -0.3 is 9.80 Å². The molecule has 1 amide bonds. The second kappa shape index (κ2) is 8.38. The van der Waals surface area contributed by atoms with Crippen LogP contribution >= 0.6 is 11.6 Å². The summed E-state index contributed by atoms with van der Waals surface area (Å²) in [5, 5.41) is 0.786.